The Morgan fingerprint density at radius 1 is 1.39 bits per heavy atom. The van der Waals surface area contributed by atoms with Gasteiger partial charge >= 0.3 is 0 Å². The first-order valence-electron chi connectivity index (χ1n) is 7.23. The average molecular weight is 256 g/mol. The smallest absolute Gasteiger partial charge is 0.0556 e. The van der Waals surface area contributed by atoms with Gasteiger partial charge in [0, 0.05) is 31.2 Å². The highest BCUT2D eigenvalue weighted by Crippen LogP contribution is 2.30. The predicted octanol–water partition coefficient (Wildman–Crippen LogP) is 0.802. The van der Waals surface area contributed by atoms with Crippen molar-refractivity contribution in [2.24, 2.45) is 5.41 Å². The van der Waals surface area contributed by atoms with Crippen LogP contribution in [0.5, 0.6) is 0 Å². The van der Waals surface area contributed by atoms with Gasteiger partial charge in [-0.25, -0.2) is 0 Å². The molecule has 0 aromatic heterocycles. The summed E-state index contributed by atoms with van der Waals surface area (Å²) in [7, 11) is 4.33. The summed E-state index contributed by atoms with van der Waals surface area (Å²) in [6, 6.07) is 0.666. The zero-order chi connectivity index (χ0) is 13.0. The fourth-order valence-electron chi connectivity index (χ4n) is 3.28. The van der Waals surface area contributed by atoms with Gasteiger partial charge in [0.05, 0.1) is 13.2 Å². The highest BCUT2D eigenvalue weighted by molar-refractivity contribution is 4.87. The maximum atomic E-state index is 9.73. The minimum atomic E-state index is -0.00749. The van der Waals surface area contributed by atoms with E-state index in [1.807, 2.05) is 0 Å². The van der Waals surface area contributed by atoms with Crippen LogP contribution in [0.3, 0.4) is 0 Å². The first-order chi connectivity index (χ1) is 8.65. The van der Waals surface area contributed by atoms with Gasteiger partial charge in [0.2, 0.25) is 0 Å². The van der Waals surface area contributed by atoms with E-state index < -0.39 is 0 Å². The second kappa shape index (κ2) is 6.33. The zero-order valence-electron chi connectivity index (χ0n) is 11.9. The first kappa shape index (κ1) is 14.3. The molecule has 0 bridgehead atoms. The van der Waals surface area contributed by atoms with E-state index in [0.717, 1.165) is 39.1 Å². The zero-order valence-corrected chi connectivity index (χ0v) is 11.9. The quantitative estimate of drug-likeness (QED) is 0.807. The Morgan fingerprint density at radius 2 is 2.22 bits per heavy atom. The molecule has 106 valence electrons. The van der Waals surface area contributed by atoms with Crippen LogP contribution in [0, 0.1) is 5.41 Å². The van der Waals surface area contributed by atoms with Gasteiger partial charge in [0.25, 0.3) is 0 Å². The van der Waals surface area contributed by atoms with Crippen molar-refractivity contribution in [1.82, 2.24) is 9.80 Å². The molecule has 2 rings (SSSR count). The lowest BCUT2D eigenvalue weighted by Crippen LogP contribution is -2.51. The molecule has 2 atom stereocenters. The van der Waals surface area contributed by atoms with Gasteiger partial charge in [0.15, 0.2) is 0 Å². The number of aliphatic hydroxyl groups excluding tert-OH is 1. The van der Waals surface area contributed by atoms with Crippen molar-refractivity contribution in [3.8, 4) is 0 Å². The normalized spacial score (nSPS) is 35.0. The van der Waals surface area contributed by atoms with E-state index in [4.69, 9.17) is 4.74 Å². The summed E-state index contributed by atoms with van der Waals surface area (Å²) in [6.45, 7) is 5.15. The lowest BCUT2D eigenvalue weighted by molar-refractivity contribution is -0.0607. The van der Waals surface area contributed by atoms with E-state index >= 15 is 0 Å². The number of hydrogen-bond acceptors (Lipinski definition) is 4. The van der Waals surface area contributed by atoms with Gasteiger partial charge in [0.1, 0.15) is 0 Å². The second-order valence-electron chi connectivity index (χ2n) is 6.31. The molecule has 0 aromatic rings. The molecule has 0 amide bonds. The molecule has 0 saturated carbocycles. The maximum absolute atomic E-state index is 9.73. The highest BCUT2D eigenvalue weighted by atomic mass is 16.5. The Balaban J connectivity index is 1.90. The molecule has 2 fully saturated rings. The second-order valence-corrected chi connectivity index (χ2v) is 6.31. The third-order valence-corrected chi connectivity index (χ3v) is 4.51. The van der Waals surface area contributed by atoms with E-state index in [-0.39, 0.29) is 12.0 Å². The van der Waals surface area contributed by atoms with Gasteiger partial charge in [-0.1, -0.05) is 0 Å². The maximum Gasteiger partial charge on any atom is 0.0556 e. The van der Waals surface area contributed by atoms with Crippen LogP contribution in [0.1, 0.15) is 25.7 Å². The van der Waals surface area contributed by atoms with Crippen LogP contribution in [0.15, 0.2) is 0 Å². The summed E-state index contributed by atoms with van der Waals surface area (Å²) < 4.78 is 5.60. The van der Waals surface area contributed by atoms with Gasteiger partial charge < -0.3 is 19.6 Å². The number of ether oxygens (including phenoxy) is 1. The van der Waals surface area contributed by atoms with E-state index in [2.05, 4.69) is 23.9 Å². The molecular formula is C14H28N2O2. The molecule has 0 radical (unpaired) electrons. The fourth-order valence-corrected chi connectivity index (χ4v) is 3.28. The van der Waals surface area contributed by atoms with E-state index in [0.29, 0.717) is 6.04 Å². The monoisotopic (exact) mass is 256 g/mol. The standard InChI is InChI=1S/C14H28N2O2/c1-15(2)13-5-3-7-16(9-13)10-14(11-17)6-4-8-18-12-14/h13,17H,3-12H2,1-2H3. The summed E-state index contributed by atoms with van der Waals surface area (Å²) in [6.07, 6.45) is 4.76. The SMILES string of the molecule is CN(C)C1CCCN(CC2(CO)CCCOC2)C1. The average Bonchev–Trinajstić information content (AvgIpc) is 2.40. The Bertz CT molecular complexity index is 252. The van der Waals surface area contributed by atoms with Crippen LogP contribution in [0.4, 0.5) is 0 Å². The topological polar surface area (TPSA) is 35.9 Å². The summed E-state index contributed by atoms with van der Waals surface area (Å²) in [5, 5.41) is 9.73. The van der Waals surface area contributed by atoms with E-state index in [1.54, 1.807) is 0 Å². The molecule has 2 aliphatic rings. The number of aliphatic hydroxyl groups is 1. The molecule has 1 N–H and O–H groups in total. The van der Waals surface area contributed by atoms with Crippen molar-refractivity contribution in [2.75, 3.05) is 53.6 Å². The molecule has 2 heterocycles. The molecule has 2 aliphatic heterocycles. The third kappa shape index (κ3) is 3.44. The van der Waals surface area contributed by atoms with Crippen LogP contribution in [0.25, 0.3) is 0 Å². The summed E-state index contributed by atoms with van der Waals surface area (Å²) in [5.41, 5.74) is -0.00749. The number of piperidine rings is 1. The lowest BCUT2D eigenvalue weighted by atomic mass is 9.82. The molecular weight excluding hydrogens is 228 g/mol. The molecule has 0 spiro atoms. The number of likely N-dealkylation sites (tertiary alicyclic amines) is 1. The highest BCUT2D eigenvalue weighted by Gasteiger charge is 2.35. The van der Waals surface area contributed by atoms with Gasteiger partial charge in [-0.15, -0.1) is 0 Å². The number of hydrogen-bond donors (Lipinski definition) is 1. The number of likely N-dealkylation sites (N-methyl/N-ethyl adjacent to an activating group) is 1. The molecule has 4 nitrogen and oxygen atoms in total. The first-order valence-corrected chi connectivity index (χ1v) is 7.23. The van der Waals surface area contributed by atoms with Crippen molar-refractivity contribution < 1.29 is 9.84 Å². The van der Waals surface area contributed by atoms with Crippen molar-refractivity contribution in [1.29, 1.82) is 0 Å². The number of nitrogens with zero attached hydrogens (tertiary/aromatic N) is 2. The van der Waals surface area contributed by atoms with Crippen LogP contribution >= 0.6 is 0 Å². The van der Waals surface area contributed by atoms with Crippen molar-refractivity contribution >= 4 is 0 Å². The molecule has 2 unspecified atom stereocenters. The molecule has 18 heavy (non-hydrogen) atoms. The number of rotatable bonds is 4. The molecule has 2 saturated heterocycles. The largest absolute Gasteiger partial charge is 0.396 e. The van der Waals surface area contributed by atoms with E-state index in [1.165, 1.54) is 19.4 Å². The third-order valence-electron chi connectivity index (χ3n) is 4.51. The van der Waals surface area contributed by atoms with Crippen molar-refractivity contribution in [3.05, 3.63) is 0 Å². The van der Waals surface area contributed by atoms with E-state index in [9.17, 15) is 5.11 Å². The molecule has 0 aromatic carbocycles. The summed E-state index contributed by atoms with van der Waals surface area (Å²) >= 11 is 0. The van der Waals surface area contributed by atoms with Crippen molar-refractivity contribution in [3.63, 3.8) is 0 Å². The lowest BCUT2D eigenvalue weighted by Gasteiger charge is -2.43. The minimum Gasteiger partial charge on any atom is -0.396 e. The van der Waals surface area contributed by atoms with Crippen LogP contribution < -0.4 is 0 Å². The van der Waals surface area contributed by atoms with Crippen LogP contribution in [-0.2, 0) is 4.74 Å². The Morgan fingerprint density at radius 3 is 2.83 bits per heavy atom. The Kier molecular flexibility index (Phi) is 5.01. The Hall–Kier alpha value is -0.160. The fraction of sp³-hybridized carbons (Fsp3) is 1.00. The summed E-state index contributed by atoms with van der Waals surface area (Å²) in [5.74, 6) is 0. The molecule has 0 aliphatic carbocycles. The Labute approximate surface area is 111 Å². The van der Waals surface area contributed by atoms with Crippen molar-refractivity contribution in [2.45, 2.75) is 31.7 Å². The molecule has 4 heteroatoms. The predicted molar refractivity (Wildman–Crippen MR) is 72.7 cm³/mol. The van der Waals surface area contributed by atoms with Crippen LogP contribution in [-0.4, -0.2) is 74.5 Å². The van der Waals surface area contributed by atoms with Gasteiger partial charge in [-0.2, -0.15) is 0 Å². The van der Waals surface area contributed by atoms with Crippen LogP contribution in [0.2, 0.25) is 0 Å². The van der Waals surface area contributed by atoms with Gasteiger partial charge in [-0.3, -0.25) is 0 Å². The van der Waals surface area contributed by atoms with Gasteiger partial charge in [-0.05, 0) is 46.3 Å². The minimum absolute atomic E-state index is 0.00749. The summed E-state index contributed by atoms with van der Waals surface area (Å²) in [4.78, 5) is 4.86.